The van der Waals surface area contributed by atoms with Gasteiger partial charge in [-0.05, 0) is 24.8 Å². The Bertz CT molecular complexity index is 419. The Morgan fingerprint density at radius 1 is 1.44 bits per heavy atom. The van der Waals surface area contributed by atoms with Crippen LogP contribution < -0.4 is 5.32 Å². The molecule has 0 bridgehead atoms. The van der Waals surface area contributed by atoms with Crippen molar-refractivity contribution in [3.8, 4) is 0 Å². The second-order valence-corrected chi connectivity index (χ2v) is 5.14. The minimum atomic E-state index is 0.692. The molecule has 3 nitrogen and oxygen atoms in total. The number of rotatable bonds is 5. The van der Waals surface area contributed by atoms with Gasteiger partial charge < -0.3 is 10.3 Å². The highest BCUT2D eigenvalue weighted by molar-refractivity contribution is 7.99. The molecule has 1 heterocycles. The normalized spacial score (nSPS) is 12.9. The van der Waals surface area contributed by atoms with Gasteiger partial charge in [-0.15, -0.1) is 0 Å². The Labute approximate surface area is 100 Å². The fourth-order valence-electron chi connectivity index (χ4n) is 1.55. The Balaban J connectivity index is 1.94. The maximum atomic E-state index is 4.46. The van der Waals surface area contributed by atoms with Gasteiger partial charge in [0.25, 0.3) is 0 Å². The molecule has 86 valence electrons. The van der Waals surface area contributed by atoms with E-state index in [0.717, 1.165) is 29.9 Å². The third kappa shape index (κ3) is 2.70. The molecular weight excluding hydrogens is 218 g/mol. The van der Waals surface area contributed by atoms with Gasteiger partial charge in [-0.3, -0.25) is 0 Å². The molecule has 1 aromatic heterocycles. The SMILES string of the molecule is CSC(C)CCNc1nc2ccccc2[nH]1. The summed E-state index contributed by atoms with van der Waals surface area (Å²) in [5, 5.41) is 4.01. The van der Waals surface area contributed by atoms with Crippen molar-refractivity contribution in [3.63, 3.8) is 0 Å². The van der Waals surface area contributed by atoms with Crippen LogP contribution in [-0.4, -0.2) is 28.0 Å². The van der Waals surface area contributed by atoms with Crippen LogP contribution in [0.15, 0.2) is 24.3 Å². The summed E-state index contributed by atoms with van der Waals surface area (Å²) in [7, 11) is 0. The first-order valence-corrected chi connectivity index (χ1v) is 6.80. The summed E-state index contributed by atoms with van der Waals surface area (Å²) in [5.74, 6) is 0.870. The van der Waals surface area contributed by atoms with Gasteiger partial charge in [-0.25, -0.2) is 4.98 Å². The molecule has 16 heavy (non-hydrogen) atoms. The summed E-state index contributed by atoms with van der Waals surface area (Å²) >= 11 is 1.89. The van der Waals surface area contributed by atoms with Gasteiger partial charge >= 0.3 is 0 Å². The van der Waals surface area contributed by atoms with E-state index in [1.54, 1.807) is 0 Å². The van der Waals surface area contributed by atoms with E-state index < -0.39 is 0 Å². The van der Waals surface area contributed by atoms with Crippen LogP contribution in [-0.2, 0) is 0 Å². The van der Waals surface area contributed by atoms with Crippen molar-refractivity contribution in [2.24, 2.45) is 0 Å². The Hall–Kier alpha value is -1.16. The number of benzene rings is 1. The lowest BCUT2D eigenvalue weighted by atomic mass is 10.3. The number of aromatic nitrogens is 2. The largest absolute Gasteiger partial charge is 0.356 e. The van der Waals surface area contributed by atoms with E-state index in [4.69, 9.17) is 0 Å². The van der Waals surface area contributed by atoms with Crippen molar-refractivity contribution >= 4 is 28.7 Å². The third-order valence-electron chi connectivity index (χ3n) is 2.64. The maximum absolute atomic E-state index is 4.46. The second kappa shape index (κ2) is 5.25. The number of anilines is 1. The van der Waals surface area contributed by atoms with E-state index >= 15 is 0 Å². The van der Waals surface area contributed by atoms with Gasteiger partial charge in [0, 0.05) is 11.8 Å². The van der Waals surface area contributed by atoms with Crippen molar-refractivity contribution in [2.75, 3.05) is 18.1 Å². The van der Waals surface area contributed by atoms with Crippen molar-refractivity contribution in [3.05, 3.63) is 24.3 Å². The zero-order valence-electron chi connectivity index (χ0n) is 9.66. The summed E-state index contributed by atoms with van der Waals surface area (Å²) in [4.78, 5) is 7.72. The van der Waals surface area contributed by atoms with Crippen LogP contribution in [0, 0.1) is 0 Å². The number of hydrogen-bond acceptors (Lipinski definition) is 3. The zero-order valence-corrected chi connectivity index (χ0v) is 10.5. The molecule has 0 amide bonds. The van der Waals surface area contributed by atoms with Crippen LogP contribution >= 0.6 is 11.8 Å². The Kier molecular flexibility index (Phi) is 3.72. The van der Waals surface area contributed by atoms with Crippen LogP contribution in [0.25, 0.3) is 11.0 Å². The fourth-order valence-corrected chi connectivity index (χ4v) is 1.90. The highest BCUT2D eigenvalue weighted by Crippen LogP contribution is 2.14. The van der Waals surface area contributed by atoms with Crippen molar-refractivity contribution < 1.29 is 0 Å². The quantitative estimate of drug-likeness (QED) is 0.836. The number of H-pyrrole nitrogens is 1. The van der Waals surface area contributed by atoms with Crippen LogP contribution in [0.1, 0.15) is 13.3 Å². The lowest BCUT2D eigenvalue weighted by Gasteiger charge is -2.07. The molecule has 0 saturated heterocycles. The summed E-state index contributed by atoms with van der Waals surface area (Å²) in [6, 6.07) is 8.07. The molecule has 1 unspecified atom stereocenters. The lowest BCUT2D eigenvalue weighted by molar-refractivity contribution is 0.848. The molecule has 2 N–H and O–H groups in total. The number of para-hydroxylation sites is 2. The van der Waals surface area contributed by atoms with Gasteiger partial charge in [0.15, 0.2) is 0 Å². The van der Waals surface area contributed by atoms with Gasteiger partial charge in [0.05, 0.1) is 11.0 Å². The average Bonchev–Trinajstić information content (AvgIpc) is 2.71. The monoisotopic (exact) mass is 235 g/mol. The van der Waals surface area contributed by atoms with Gasteiger partial charge in [0.1, 0.15) is 0 Å². The zero-order chi connectivity index (χ0) is 11.4. The summed E-state index contributed by atoms with van der Waals surface area (Å²) < 4.78 is 0. The van der Waals surface area contributed by atoms with Crippen LogP contribution in [0.5, 0.6) is 0 Å². The van der Waals surface area contributed by atoms with Gasteiger partial charge in [0.2, 0.25) is 5.95 Å². The first-order valence-electron chi connectivity index (χ1n) is 5.51. The van der Waals surface area contributed by atoms with Crippen molar-refractivity contribution in [1.29, 1.82) is 0 Å². The number of nitrogens with zero attached hydrogens (tertiary/aromatic N) is 1. The van der Waals surface area contributed by atoms with E-state index in [1.165, 1.54) is 0 Å². The molecule has 0 spiro atoms. The number of aromatic amines is 1. The third-order valence-corrected chi connectivity index (χ3v) is 3.68. The minimum absolute atomic E-state index is 0.692. The fraction of sp³-hybridized carbons (Fsp3) is 0.417. The average molecular weight is 235 g/mol. The number of nitrogens with one attached hydrogen (secondary N) is 2. The van der Waals surface area contributed by atoms with Gasteiger partial charge in [-0.1, -0.05) is 19.1 Å². The predicted octanol–water partition coefficient (Wildman–Crippen LogP) is 3.12. The number of imidazole rings is 1. The van der Waals surface area contributed by atoms with Crippen LogP contribution in [0.2, 0.25) is 0 Å². The van der Waals surface area contributed by atoms with E-state index in [2.05, 4.69) is 28.5 Å². The van der Waals surface area contributed by atoms with E-state index in [1.807, 2.05) is 36.0 Å². The lowest BCUT2D eigenvalue weighted by Crippen LogP contribution is -2.08. The molecule has 0 radical (unpaired) electrons. The maximum Gasteiger partial charge on any atom is 0.201 e. The predicted molar refractivity (Wildman–Crippen MR) is 72.2 cm³/mol. The van der Waals surface area contributed by atoms with E-state index in [9.17, 15) is 0 Å². The van der Waals surface area contributed by atoms with Crippen LogP contribution in [0.4, 0.5) is 5.95 Å². The minimum Gasteiger partial charge on any atom is -0.356 e. The van der Waals surface area contributed by atoms with E-state index in [-0.39, 0.29) is 0 Å². The molecular formula is C12H17N3S. The van der Waals surface area contributed by atoms with E-state index in [0.29, 0.717) is 5.25 Å². The molecule has 0 saturated carbocycles. The standard InChI is InChI=1S/C12H17N3S/c1-9(16-2)7-8-13-12-14-10-5-3-4-6-11(10)15-12/h3-6,9H,7-8H2,1-2H3,(H2,13,14,15). The Morgan fingerprint density at radius 2 is 2.25 bits per heavy atom. The first kappa shape index (κ1) is 11.3. The molecule has 0 aliphatic carbocycles. The number of fused-ring (bicyclic) bond motifs is 1. The first-order chi connectivity index (χ1) is 7.79. The van der Waals surface area contributed by atoms with Crippen LogP contribution in [0.3, 0.4) is 0 Å². The summed E-state index contributed by atoms with van der Waals surface area (Å²) in [5.41, 5.74) is 2.10. The number of hydrogen-bond donors (Lipinski definition) is 2. The molecule has 2 aromatic rings. The summed E-state index contributed by atoms with van der Waals surface area (Å²) in [6.45, 7) is 3.20. The van der Waals surface area contributed by atoms with Crippen molar-refractivity contribution in [1.82, 2.24) is 9.97 Å². The molecule has 0 aliphatic rings. The highest BCUT2D eigenvalue weighted by Gasteiger charge is 2.02. The molecule has 4 heteroatoms. The topological polar surface area (TPSA) is 40.7 Å². The molecule has 1 atom stereocenters. The Morgan fingerprint density at radius 3 is 3.00 bits per heavy atom. The molecule has 2 rings (SSSR count). The molecule has 1 aromatic carbocycles. The summed E-state index contributed by atoms with van der Waals surface area (Å²) in [6.07, 6.45) is 3.30. The van der Waals surface area contributed by atoms with Crippen molar-refractivity contribution in [2.45, 2.75) is 18.6 Å². The molecule has 0 aliphatic heterocycles. The van der Waals surface area contributed by atoms with Gasteiger partial charge in [-0.2, -0.15) is 11.8 Å². The molecule has 0 fully saturated rings. The number of thioether (sulfide) groups is 1. The smallest absolute Gasteiger partial charge is 0.201 e. The second-order valence-electron chi connectivity index (χ2n) is 3.86. The highest BCUT2D eigenvalue weighted by atomic mass is 32.2.